The maximum atomic E-state index is 11.7. The summed E-state index contributed by atoms with van der Waals surface area (Å²) in [4.78, 5) is 11.7. The molecule has 19 heavy (non-hydrogen) atoms. The van der Waals surface area contributed by atoms with Crippen molar-refractivity contribution in [2.24, 2.45) is 0 Å². The van der Waals surface area contributed by atoms with Crippen LogP contribution in [0.25, 0.3) is 5.69 Å². The van der Waals surface area contributed by atoms with Crippen molar-refractivity contribution >= 4 is 5.97 Å². The number of ether oxygens (including phenoxy) is 1. The normalized spacial score (nSPS) is 11.6. The second kappa shape index (κ2) is 5.36. The number of rotatable bonds is 3. The molecule has 0 amide bonds. The van der Waals surface area contributed by atoms with E-state index in [1.165, 1.54) is 6.92 Å². The lowest BCUT2D eigenvalue weighted by atomic mass is 10.2. The van der Waals surface area contributed by atoms with E-state index in [0.29, 0.717) is 5.56 Å². The lowest BCUT2D eigenvalue weighted by Gasteiger charge is -2.07. The molecule has 2 rings (SSSR count). The van der Waals surface area contributed by atoms with Gasteiger partial charge in [0.15, 0.2) is 6.10 Å². The van der Waals surface area contributed by atoms with Gasteiger partial charge in [0.2, 0.25) is 0 Å². The highest BCUT2D eigenvalue weighted by atomic mass is 16.5. The highest BCUT2D eigenvalue weighted by molar-refractivity contribution is 5.89. The van der Waals surface area contributed by atoms with Crippen molar-refractivity contribution in [1.29, 1.82) is 5.26 Å². The van der Waals surface area contributed by atoms with Crippen LogP contribution < -0.4 is 0 Å². The van der Waals surface area contributed by atoms with Gasteiger partial charge in [-0.25, -0.2) is 9.48 Å². The van der Waals surface area contributed by atoms with Crippen molar-refractivity contribution in [3.63, 3.8) is 0 Å². The fourth-order valence-electron chi connectivity index (χ4n) is 1.63. The largest absolute Gasteiger partial charge is 0.444 e. The van der Waals surface area contributed by atoms with Gasteiger partial charge < -0.3 is 4.74 Å². The van der Waals surface area contributed by atoms with Crippen LogP contribution in [-0.2, 0) is 4.74 Å². The van der Waals surface area contributed by atoms with Gasteiger partial charge in [-0.3, -0.25) is 0 Å². The molecule has 1 atom stereocenters. The summed E-state index contributed by atoms with van der Waals surface area (Å²) in [6.45, 7) is 3.48. The minimum atomic E-state index is -0.750. The molecule has 1 aromatic carbocycles. The van der Waals surface area contributed by atoms with Gasteiger partial charge in [-0.1, -0.05) is 0 Å². The van der Waals surface area contributed by atoms with E-state index < -0.39 is 12.1 Å². The maximum absolute atomic E-state index is 11.7. The smallest absolute Gasteiger partial charge is 0.339 e. The Morgan fingerprint density at radius 2 is 2.05 bits per heavy atom. The topological polar surface area (TPSA) is 67.9 Å². The van der Waals surface area contributed by atoms with Gasteiger partial charge in [0.05, 0.1) is 11.3 Å². The molecule has 0 aliphatic carbocycles. The molecule has 1 aromatic heterocycles. The quantitative estimate of drug-likeness (QED) is 0.789. The number of nitriles is 1. The number of aryl methyl sites for hydroxylation is 1. The molecular weight excluding hydrogens is 242 g/mol. The molecule has 1 heterocycles. The molecule has 5 heteroatoms. The van der Waals surface area contributed by atoms with Crippen molar-refractivity contribution in [3.05, 3.63) is 47.8 Å². The lowest BCUT2D eigenvalue weighted by molar-refractivity contribution is 0.0435. The fourth-order valence-corrected chi connectivity index (χ4v) is 1.63. The zero-order valence-corrected chi connectivity index (χ0v) is 10.7. The van der Waals surface area contributed by atoms with E-state index in [4.69, 9.17) is 10.00 Å². The Hall–Kier alpha value is -2.61. The zero-order chi connectivity index (χ0) is 13.8. The molecule has 2 aromatic rings. The summed E-state index contributed by atoms with van der Waals surface area (Å²) < 4.78 is 6.69. The number of carbonyl (C=O) groups excluding carboxylic acids is 1. The molecule has 0 bridgehead atoms. The molecule has 0 N–H and O–H groups in total. The molecule has 0 saturated heterocycles. The fraction of sp³-hybridized carbons (Fsp3) is 0.214. The minimum Gasteiger partial charge on any atom is -0.444 e. The van der Waals surface area contributed by atoms with Gasteiger partial charge in [-0.05, 0) is 44.2 Å². The van der Waals surface area contributed by atoms with E-state index in [1.807, 2.05) is 19.1 Å². The SMILES string of the molecule is Cc1ccnn1-c1ccc(C(=O)O[C@@H](C)C#N)cc1. The van der Waals surface area contributed by atoms with Crippen molar-refractivity contribution < 1.29 is 9.53 Å². The number of esters is 1. The van der Waals surface area contributed by atoms with Gasteiger partial charge in [-0.15, -0.1) is 0 Å². The van der Waals surface area contributed by atoms with Crippen LogP contribution in [0.2, 0.25) is 0 Å². The number of carbonyl (C=O) groups is 1. The third-order valence-electron chi connectivity index (χ3n) is 2.65. The monoisotopic (exact) mass is 255 g/mol. The molecule has 96 valence electrons. The van der Waals surface area contributed by atoms with E-state index in [2.05, 4.69) is 5.10 Å². The first-order chi connectivity index (χ1) is 9.11. The van der Waals surface area contributed by atoms with Crippen molar-refractivity contribution in [3.8, 4) is 11.8 Å². The molecule has 0 saturated carbocycles. The molecule has 0 unspecified atom stereocenters. The van der Waals surface area contributed by atoms with Gasteiger partial charge in [0, 0.05) is 11.9 Å². The number of hydrogen-bond donors (Lipinski definition) is 0. The lowest BCUT2D eigenvalue weighted by Crippen LogP contribution is -2.13. The number of hydrogen-bond acceptors (Lipinski definition) is 4. The van der Waals surface area contributed by atoms with Crippen LogP contribution in [0.5, 0.6) is 0 Å². The summed E-state index contributed by atoms with van der Waals surface area (Å²) in [6.07, 6.45) is 0.965. The Morgan fingerprint density at radius 1 is 1.37 bits per heavy atom. The van der Waals surface area contributed by atoms with E-state index >= 15 is 0 Å². The molecule has 0 aliphatic heterocycles. The second-order valence-electron chi connectivity index (χ2n) is 4.11. The van der Waals surface area contributed by atoms with Crippen molar-refractivity contribution in [2.45, 2.75) is 20.0 Å². The highest BCUT2D eigenvalue weighted by Gasteiger charge is 2.11. The summed E-state index contributed by atoms with van der Waals surface area (Å²) in [6, 6.07) is 10.6. The standard InChI is InChI=1S/C14H13N3O2/c1-10-7-8-16-17(10)13-5-3-12(4-6-13)14(18)19-11(2)9-15/h3-8,11H,1-2H3/t11-/m0/s1. The zero-order valence-electron chi connectivity index (χ0n) is 10.7. The molecule has 0 fully saturated rings. The first-order valence-electron chi connectivity index (χ1n) is 5.83. The Morgan fingerprint density at radius 3 is 2.58 bits per heavy atom. The average molecular weight is 255 g/mol. The molecule has 0 spiro atoms. The average Bonchev–Trinajstić information content (AvgIpc) is 2.85. The van der Waals surface area contributed by atoms with Crippen LogP contribution in [0.15, 0.2) is 36.5 Å². The Kier molecular flexibility index (Phi) is 3.62. The Balaban J connectivity index is 2.18. The molecular formula is C14H13N3O2. The highest BCUT2D eigenvalue weighted by Crippen LogP contribution is 2.12. The summed E-state index contributed by atoms with van der Waals surface area (Å²) in [5.74, 6) is -0.502. The molecule has 0 aliphatic rings. The predicted molar refractivity (Wildman–Crippen MR) is 68.8 cm³/mol. The predicted octanol–water partition coefficient (Wildman–Crippen LogP) is 2.25. The first-order valence-corrected chi connectivity index (χ1v) is 5.83. The van der Waals surface area contributed by atoms with Gasteiger partial charge in [-0.2, -0.15) is 10.4 Å². The molecule has 0 radical (unpaired) electrons. The second-order valence-corrected chi connectivity index (χ2v) is 4.11. The summed E-state index contributed by atoms with van der Waals surface area (Å²) in [5, 5.41) is 12.8. The maximum Gasteiger partial charge on any atom is 0.339 e. The van der Waals surface area contributed by atoms with Crippen LogP contribution >= 0.6 is 0 Å². The summed E-state index contributed by atoms with van der Waals surface area (Å²) in [5.41, 5.74) is 2.29. The Bertz CT molecular complexity index is 623. The molecule has 5 nitrogen and oxygen atoms in total. The van der Waals surface area contributed by atoms with Crippen LogP contribution in [0, 0.1) is 18.3 Å². The van der Waals surface area contributed by atoms with Crippen LogP contribution in [0.4, 0.5) is 0 Å². The third kappa shape index (κ3) is 2.80. The van der Waals surface area contributed by atoms with E-state index in [-0.39, 0.29) is 0 Å². The minimum absolute atomic E-state index is 0.413. The number of benzene rings is 1. The third-order valence-corrected chi connectivity index (χ3v) is 2.65. The summed E-state index contributed by atoms with van der Waals surface area (Å²) >= 11 is 0. The van der Waals surface area contributed by atoms with E-state index in [9.17, 15) is 4.79 Å². The van der Waals surface area contributed by atoms with Gasteiger partial charge in [0.25, 0.3) is 0 Å². The summed E-state index contributed by atoms with van der Waals surface area (Å²) in [7, 11) is 0. The van der Waals surface area contributed by atoms with Crippen LogP contribution in [0.1, 0.15) is 23.0 Å². The van der Waals surface area contributed by atoms with Gasteiger partial charge in [0.1, 0.15) is 6.07 Å². The van der Waals surface area contributed by atoms with E-state index in [1.54, 1.807) is 35.1 Å². The first kappa shape index (κ1) is 12.8. The van der Waals surface area contributed by atoms with Crippen LogP contribution in [0.3, 0.4) is 0 Å². The van der Waals surface area contributed by atoms with E-state index in [0.717, 1.165) is 11.4 Å². The number of aromatic nitrogens is 2. The van der Waals surface area contributed by atoms with Crippen LogP contribution in [-0.4, -0.2) is 21.9 Å². The van der Waals surface area contributed by atoms with Crippen molar-refractivity contribution in [1.82, 2.24) is 9.78 Å². The Labute approximate surface area is 111 Å². The van der Waals surface area contributed by atoms with Gasteiger partial charge >= 0.3 is 5.97 Å². The van der Waals surface area contributed by atoms with Crippen molar-refractivity contribution in [2.75, 3.05) is 0 Å². The number of nitrogens with zero attached hydrogens (tertiary/aromatic N) is 3.